The minimum absolute atomic E-state index is 0.575. The minimum atomic E-state index is -1.28. The van der Waals surface area contributed by atoms with Crippen LogP contribution in [0.5, 0.6) is 0 Å². The Hall–Kier alpha value is 0.217. The number of hydrogen-bond donors (Lipinski definition) is 0. The molecule has 0 aromatic rings. The van der Waals surface area contributed by atoms with E-state index in [1.54, 1.807) is 6.04 Å². The maximum Gasteiger partial charge on any atom is 0.0643 e. The fourth-order valence-electron chi connectivity index (χ4n) is 6.09. The molecule has 0 aliphatic heterocycles. The molecule has 0 unspecified atom stereocenters. The topological polar surface area (TPSA) is 0 Å². The van der Waals surface area contributed by atoms with E-state index in [0.29, 0.717) is 5.04 Å². The Morgan fingerprint density at radius 1 is 0.536 bits per heavy atom. The molecule has 0 aromatic carbocycles. The van der Waals surface area contributed by atoms with Gasteiger partial charge >= 0.3 is 0 Å². The molecule has 0 rings (SSSR count). The average Bonchev–Trinajstić information content (AvgIpc) is 2.64. The zero-order valence-corrected chi connectivity index (χ0v) is 22.5. The van der Waals surface area contributed by atoms with Crippen molar-refractivity contribution in [1.29, 1.82) is 0 Å². The monoisotopic (exact) mass is 410 g/mol. The molecule has 0 aliphatic carbocycles. The van der Waals surface area contributed by atoms with Crippen molar-refractivity contribution in [3.63, 3.8) is 0 Å². The van der Waals surface area contributed by atoms with Crippen LogP contribution in [0.4, 0.5) is 0 Å². The SMILES string of the molecule is CCCCCCCCCCCCCCCC[Si](C(C)C)(C(C)C)C(C)(C)CC. The van der Waals surface area contributed by atoms with Crippen molar-refractivity contribution < 1.29 is 0 Å². The minimum Gasteiger partial charge on any atom is -0.0654 e. The summed E-state index contributed by atoms with van der Waals surface area (Å²) in [7, 11) is -1.28. The van der Waals surface area contributed by atoms with Gasteiger partial charge in [0.15, 0.2) is 0 Å². The van der Waals surface area contributed by atoms with Crippen LogP contribution in [0.3, 0.4) is 0 Å². The van der Waals surface area contributed by atoms with Gasteiger partial charge < -0.3 is 0 Å². The first kappa shape index (κ1) is 28.2. The molecule has 0 saturated heterocycles. The smallest absolute Gasteiger partial charge is 0.0643 e. The largest absolute Gasteiger partial charge is 0.0654 e. The van der Waals surface area contributed by atoms with E-state index in [0.717, 1.165) is 11.1 Å². The zero-order chi connectivity index (χ0) is 21.5. The second kappa shape index (κ2) is 16.0. The predicted molar refractivity (Wildman–Crippen MR) is 135 cm³/mol. The summed E-state index contributed by atoms with van der Waals surface area (Å²) in [6, 6.07) is 1.56. The van der Waals surface area contributed by atoms with E-state index in [1.165, 1.54) is 96.3 Å². The molecule has 0 radical (unpaired) electrons. The number of rotatable bonds is 19. The highest BCUT2D eigenvalue weighted by Gasteiger charge is 2.49. The lowest BCUT2D eigenvalue weighted by molar-refractivity contribution is 0.533. The third kappa shape index (κ3) is 9.81. The number of hydrogen-bond acceptors (Lipinski definition) is 0. The molecule has 1 heteroatoms. The second-order valence-electron chi connectivity index (χ2n) is 10.9. The van der Waals surface area contributed by atoms with Gasteiger partial charge in [-0.3, -0.25) is 0 Å². The van der Waals surface area contributed by atoms with Crippen molar-refractivity contribution in [2.75, 3.05) is 0 Å². The second-order valence-corrected chi connectivity index (χ2v) is 17.2. The van der Waals surface area contributed by atoms with Gasteiger partial charge in [0.2, 0.25) is 0 Å². The molecule has 0 saturated carbocycles. The molecule has 0 fully saturated rings. The van der Waals surface area contributed by atoms with Gasteiger partial charge in [-0.05, 0) is 5.04 Å². The highest BCUT2D eigenvalue weighted by Crippen LogP contribution is 2.55. The first-order chi connectivity index (χ1) is 13.3. The Labute approximate surface area is 182 Å². The maximum absolute atomic E-state index is 2.59. The van der Waals surface area contributed by atoms with Crippen molar-refractivity contribution in [3.05, 3.63) is 0 Å². The van der Waals surface area contributed by atoms with Crippen LogP contribution >= 0.6 is 0 Å². The molecule has 0 bridgehead atoms. The van der Waals surface area contributed by atoms with E-state index in [-0.39, 0.29) is 0 Å². The normalized spacial score (nSPS) is 13.1. The van der Waals surface area contributed by atoms with Gasteiger partial charge in [-0.1, -0.05) is 169 Å². The Kier molecular flexibility index (Phi) is 16.1. The lowest BCUT2D eigenvalue weighted by atomic mass is 10.0. The van der Waals surface area contributed by atoms with Crippen molar-refractivity contribution in [2.45, 2.75) is 174 Å². The number of unbranched alkanes of at least 4 members (excludes halogenated alkanes) is 13. The molecule has 0 nitrogen and oxygen atoms in total. The van der Waals surface area contributed by atoms with Crippen molar-refractivity contribution >= 4 is 8.07 Å². The average molecular weight is 411 g/mol. The lowest BCUT2D eigenvalue weighted by Crippen LogP contribution is -2.50. The first-order valence-electron chi connectivity index (χ1n) is 13.3. The summed E-state index contributed by atoms with van der Waals surface area (Å²) >= 11 is 0. The van der Waals surface area contributed by atoms with Crippen molar-refractivity contribution in [3.8, 4) is 0 Å². The van der Waals surface area contributed by atoms with Gasteiger partial charge in [0.25, 0.3) is 0 Å². The Morgan fingerprint density at radius 2 is 0.857 bits per heavy atom. The first-order valence-corrected chi connectivity index (χ1v) is 15.6. The molecule has 0 atom stereocenters. The highest BCUT2D eigenvalue weighted by atomic mass is 28.3. The van der Waals surface area contributed by atoms with Crippen LogP contribution in [-0.4, -0.2) is 8.07 Å². The molecule has 28 heavy (non-hydrogen) atoms. The van der Waals surface area contributed by atoms with Gasteiger partial charge in [-0.15, -0.1) is 0 Å². The molecule has 0 aromatic heterocycles. The van der Waals surface area contributed by atoms with E-state index in [4.69, 9.17) is 0 Å². The fourth-order valence-corrected chi connectivity index (χ4v) is 13.9. The van der Waals surface area contributed by atoms with Crippen LogP contribution < -0.4 is 0 Å². The van der Waals surface area contributed by atoms with Gasteiger partial charge in [-0.2, -0.15) is 0 Å². The zero-order valence-electron chi connectivity index (χ0n) is 21.5. The molecule has 0 N–H and O–H groups in total. The van der Waals surface area contributed by atoms with Crippen LogP contribution in [0.25, 0.3) is 0 Å². The van der Waals surface area contributed by atoms with Gasteiger partial charge in [0, 0.05) is 0 Å². The summed E-state index contributed by atoms with van der Waals surface area (Å²) in [5.41, 5.74) is 1.81. The van der Waals surface area contributed by atoms with Crippen LogP contribution in [-0.2, 0) is 0 Å². The van der Waals surface area contributed by atoms with Crippen LogP contribution in [0.15, 0.2) is 0 Å². The van der Waals surface area contributed by atoms with Crippen LogP contribution in [0.1, 0.15) is 152 Å². The van der Waals surface area contributed by atoms with Gasteiger partial charge in [0.1, 0.15) is 0 Å². The van der Waals surface area contributed by atoms with Crippen LogP contribution in [0, 0.1) is 0 Å². The predicted octanol–water partition coefficient (Wildman–Crippen LogP) is 10.9. The molecule has 170 valence electrons. The van der Waals surface area contributed by atoms with E-state index in [9.17, 15) is 0 Å². The highest BCUT2D eigenvalue weighted by molar-refractivity contribution is 6.84. The quantitative estimate of drug-likeness (QED) is 0.147. The van der Waals surface area contributed by atoms with E-state index in [2.05, 4.69) is 55.4 Å². The Bertz CT molecular complexity index is 334. The third-order valence-electron chi connectivity index (χ3n) is 8.15. The summed E-state index contributed by atoms with van der Waals surface area (Å²) < 4.78 is 0. The maximum atomic E-state index is 2.59. The Balaban J connectivity index is 3.90. The standard InChI is InChI=1S/C27H58Si/c1-9-11-12-13-14-15-16-17-18-19-20-21-22-23-24-28(25(3)4,26(5)6)27(7,8)10-2/h25-26H,9-24H2,1-8H3. The van der Waals surface area contributed by atoms with Gasteiger partial charge in [0.05, 0.1) is 8.07 Å². The summed E-state index contributed by atoms with van der Waals surface area (Å²) in [6.45, 7) is 20.0. The van der Waals surface area contributed by atoms with Crippen molar-refractivity contribution in [1.82, 2.24) is 0 Å². The summed E-state index contributed by atoms with van der Waals surface area (Å²) in [6.07, 6.45) is 21.9. The van der Waals surface area contributed by atoms with E-state index >= 15 is 0 Å². The third-order valence-corrected chi connectivity index (χ3v) is 16.3. The molecule has 0 amide bonds. The van der Waals surface area contributed by atoms with E-state index < -0.39 is 8.07 Å². The summed E-state index contributed by atoms with van der Waals surface area (Å²) in [4.78, 5) is 0. The Morgan fingerprint density at radius 3 is 1.14 bits per heavy atom. The molecular formula is C27H58Si. The molecule has 0 heterocycles. The van der Waals surface area contributed by atoms with Gasteiger partial charge in [-0.25, -0.2) is 0 Å². The molecular weight excluding hydrogens is 352 g/mol. The summed E-state index contributed by atoms with van der Waals surface area (Å²) in [5.74, 6) is 0. The lowest BCUT2D eigenvalue weighted by Gasteiger charge is -2.51. The molecule has 0 spiro atoms. The fraction of sp³-hybridized carbons (Fsp3) is 1.00. The molecule has 0 aliphatic rings. The summed E-state index contributed by atoms with van der Waals surface area (Å²) in [5, 5.41) is 0.575. The van der Waals surface area contributed by atoms with Crippen molar-refractivity contribution in [2.24, 2.45) is 0 Å². The van der Waals surface area contributed by atoms with Crippen LogP contribution in [0.2, 0.25) is 22.2 Å². The van der Waals surface area contributed by atoms with E-state index in [1.807, 2.05) is 0 Å².